The summed E-state index contributed by atoms with van der Waals surface area (Å²) in [5.41, 5.74) is 0. The topological polar surface area (TPSA) is 38.3 Å². The number of nitrogens with one attached hydrogen (secondary N) is 1. The lowest BCUT2D eigenvalue weighted by Crippen LogP contribution is -2.27. The number of hydrogen-bond acceptors (Lipinski definition) is 2. The molecule has 0 spiro atoms. The van der Waals surface area contributed by atoms with E-state index in [0.717, 1.165) is 13.0 Å². The molecule has 0 radical (unpaired) electrons. The van der Waals surface area contributed by atoms with Crippen molar-refractivity contribution in [2.45, 2.75) is 40.5 Å². The van der Waals surface area contributed by atoms with Gasteiger partial charge >= 0.3 is 0 Å². The average molecular weight is 201 g/mol. The van der Waals surface area contributed by atoms with Crippen LogP contribution < -0.4 is 5.32 Å². The van der Waals surface area contributed by atoms with E-state index in [1.54, 1.807) is 0 Å². The number of carbonyl (C=O) groups excluding carboxylic acids is 1. The first-order valence-electron chi connectivity index (χ1n) is 5.36. The molecule has 1 amide bonds. The van der Waals surface area contributed by atoms with Gasteiger partial charge in [0.05, 0.1) is 0 Å². The molecule has 0 rings (SSSR count). The average Bonchev–Trinajstić information content (AvgIpc) is 2.01. The molecule has 14 heavy (non-hydrogen) atoms. The fraction of sp³-hybridized carbons (Fsp3) is 0.909. The molecule has 3 heteroatoms. The molecule has 0 aromatic rings. The van der Waals surface area contributed by atoms with Crippen LogP contribution in [0.2, 0.25) is 0 Å². The maximum atomic E-state index is 11.2. The number of amides is 1. The third kappa shape index (κ3) is 9.52. The molecule has 0 fully saturated rings. The maximum Gasteiger partial charge on any atom is 0.222 e. The van der Waals surface area contributed by atoms with Crippen molar-refractivity contribution in [3.8, 4) is 0 Å². The third-order valence-corrected chi connectivity index (χ3v) is 1.80. The lowest BCUT2D eigenvalue weighted by Gasteiger charge is -2.08. The van der Waals surface area contributed by atoms with Crippen LogP contribution in [0.3, 0.4) is 0 Å². The molecule has 0 aromatic heterocycles. The Morgan fingerprint density at radius 3 is 2.36 bits per heavy atom. The van der Waals surface area contributed by atoms with Crippen molar-refractivity contribution in [3.05, 3.63) is 0 Å². The number of ether oxygens (including phenoxy) is 1. The minimum absolute atomic E-state index is 0.0737. The van der Waals surface area contributed by atoms with E-state index in [1.807, 2.05) is 13.8 Å². The molecule has 1 N–H and O–H groups in total. The Kier molecular flexibility index (Phi) is 7.48. The van der Waals surface area contributed by atoms with Gasteiger partial charge in [0, 0.05) is 13.0 Å². The van der Waals surface area contributed by atoms with E-state index in [2.05, 4.69) is 19.2 Å². The van der Waals surface area contributed by atoms with Gasteiger partial charge in [-0.2, -0.15) is 0 Å². The van der Waals surface area contributed by atoms with Crippen molar-refractivity contribution < 1.29 is 9.53 Å². The molecule has 0 saturated heterocycles. The maximum absolute atomic E-state index is 11.2. The first-order valence-corrected chi connectivity index (χ1v) is 5.36. The lowest BCUT2D eigenvalue weighted by molar-refractivity contribution is -0.123. The van der Waals surface area contributed by atoms with Gasteiger partial charge in [-0.05, 0) is 18.3 Å². The summed E-state index contributed by atoms with van der Waals surface area (Å²) in [7, 11) is 0. The van der Waals surface area contributed by atoms with Crippen molar-refractivity contribution in [1.82, 2.24) is 5.32 Å². The Hall–Kier alpha value is -0.570. The number of hydrogen-bond donors (Lipinski definition) is 1. The predicted octanol–water partition coefficient (Wildman–Crippen LogP) is 2.17. The van der Waals surface area contributed by atoms with Gasteiger partial charge in [-0.15, -0.1) is 0 Å². The molecule has 0 aliphatic carbocycles. The molecule has 0 heterocycles. The van der Waals surface area contributed by atoms with Crippen LogP contribution in [0.4, 0.5) is 0 Å². The van der Waals surface area contributed by atoms with Gasteiger partial charge < -0.3 is 10.1 Å². The summed E-state index contributed by atoms with van der Waals surface area (Å²) in [6, 6.07) is 0. The van der Waals surface area contributed by atoms with Crippen LogP contribution >= 0.6 is 0 Å². The van der Waals surface area contributed by atoms with Gasteiger partial charge in [0.15, 0.2) is 0 Å². The smallest absolute Gasteiger partial charge is 0.222 e. The molecule has 0 aromatic carbocycles. The zero-order valence-corrected chi connectivity index (χ0v) is 9.80. The SMILES string of the molecule is CC(C)CCOCNC(=O)CC(C)C. The van der Waals surface area contributed by atoms with E-state index >= 15 is 0 Å². The Labute approximate surface area is 87.2 Å². The zero-order chi connectivity index (χ0) is 11.0. The summed E-state index contributed by atoms with van der Waals surface area (Å²) in [6.07, 6.45) is 1.62. The van der Waals surface area contributed by atoms with Gasteiger partial charge in [-0.3, -0.25) is 4.79 Å². The second-order valence-corrected chi connectivity index (χ2v) is 4.43. The largest absolute Gasteiger partial charge is 0.361 e. The molecule has 0 atom stereocenters. The molecule has 0 bridgehead atoms. The van der Waals surface area contributed by atoms with E-state index in [0.29, 0.717) is 25.0 Å². The monoisotopic (exact) mass is 201 g/mol. The molecule has 84 valence electrons. The van der Waals surface area contributed by atoms with Gasteiger partial charge in [0.25, 0.3) is 0 Å². The molecular weight excluding hydrogens is 178 g/mol. The van der Waals surface area contributed by atoms with Crippen molar-refractivity contribution in [2.75, 3.05) is 13.3 Å². The second-order valence-electron chi connectivity index (χ2n) is 4.43. The fourth-order valence-corrected chi connectivity index (χ4v) is 0.966. The molecule has 0 saturated carbocycles. The van der Waals surface area contributed by atoms with Gasteiger partial charge in [0.1, 0.15) is 6.73 Å². The number of carbonyl (C=O) groups is 1. The first kappa shape index (κ1) is 13.4. The minimum Gasteiger partial charge on any atom is -0.361 e. The van der Waals surface area contributed by atoms with Crippen LogP contribution in [0, 0.1) is 11.8 Å². The summed E-state index contributed by atoms with van der Waals surface area (Å²) in [6.45, 7) is 9.43. The summed E-state index contributed by atoms with van der Waals surface area (Å²) in [4.78, 5) is 11.2. The second kappa shape index (κ2) is 7.80. The van der Waals surface area contributed by atoms with E-state index in [1.165, 1.54) is 0 Å². The highest BCUT2D eigenvalue weighted by atomic mass is 16.5. The lowest BCUT2D eigenvalue weighted by atomic mass is 10.1. The Morgan fingerprint density at radius 1 is 1.21 bits per heavy atom. The third-order valence-electron chi connectivity index (χ3n) is 1.80. The normalized spacial score (nSPS) is 11.0. The summed E-state index contributed by atoms with van der Waals surface area (Å²) in [5, 5.41) is 2.73. The van der Waals surface area contributed by atoms with Crippen LogP contribution in [0.1, 0.15) is 40.5 Å². The molecule has 0 aliphatic heterocycles. The van der Waals surface area contributed by atoms with Crippen LogP contribution in [0.15, 0.2) is 0 Å². The molecule has 0 unspecified atom stereocenters. The standard InChI is InChI=1S/C11H23NO2/c1-9(2)5-6-14-8-12-11(13)7-10(3)4/h9-10H,5-8H2,1-4H3,(H,12,13). The van der Waals surface area contributed by atoms with E-state index in [-0.39, 0.29) is 5.91 Å². The minimum atomic E-state index is 0.0737. The van der Waals surface area contributed by atoms with Gasteiger partial charge in [0.2, 0.25) is 5.91 Å². The van der Waals surface area contributed by atoms with Gasteiger partial charge in [-0.1, -0.05) is 27.7 Å². The van der Waals surface area contributed by atoms with Gasteiger partial charge in [-0.25, -0.2) is 0 Å². The predicted molar refractivity (Wildman–Crippen MR) is 57.9 cm³/mol. The number of rotatable bonds is 7. The van der Waals surface area contributed by atoms with Crippen LogP contribution in [0.5, 0.6) is 0 Å². The van der Waals surface area contributed by atoms with Crippen molar-refractivity contribution in [1.29, 1.82) is 0 Å². The highest BCUT2D eigenvalue weighted by Gasteiger charge is 2.03. The van der Waals surface area contributed by atoms with E-state index < -0.39 is 0 Å². The highest BCUT2D eigenvalue weighted by Crippen LogP contribution is 1.99. The van der Waals surface area contributed by atoms with Crippen molar-refractivity contribution in [2.24, 2.45) is 11.8 Å². The Bertz CT molecular complexity index is 155. The molecular formula is C11H23NO2. The van der Waals surface area contributed by atoms with Crippen LogP contribution in [-0.2, 0) is 9.53 Å². The summed E-state index contributed by atoms with van der Waals surface area (Å²) < 4.78 is 5.26. The van der Waals surface area contributed by atoms with Crippen molar-refractivity contribution >= 4 is 5.91 Å². The van der Waals surface area contributed by atoms with Crippen LogP contribution in [-0.4, -0.2) is 19.2 Å². The summed E-state index contributed by atoms with van der Waals surface area (Å²) >= 11 is 0. The van der Waals surface area contributed by atoms with E-state index in [4.69, 9.17) is 4.74 Å². The van der Waals surface area contributed by atoms with Crippen LogP contribution in [0.25, 0.3) is 0 Å². The van der Waals surface area contributed by atoms with E-state index in [9.17, 15) is 4.79 Å². The Balaban J connectivity index is 3.23. The summed E-state index contributed by atoms with van der Waals surface area (Å²) in [5.74, 6) is 1.14. The zero-order valence-electron chi connectivity index (χ0n) is 9.80. The Morgan fingerprint density at radius 2 is 1.86 bits per heavy atom. The molecule has 0 aliphatic rings. The molecule has 3 nitrogen and oxygen atoms in total. The van der Waals surface area contributed by atoms with Crippen molar-refractivity contribution in [3.63, 3.8) is 0 Å². The fourth-order valence-electron chi connectivity index (χ4n) is 0.966. The first-order chi connectivity index (χ1) is 6.52. The quantitative estimate of drug-likeness (QED) is 0.506. The highest BCUT2D eigenvalue weighted by molar-refractivity contribution is 5.75.